The molecule has 1 atom stereocenters. The lowest BCUT2D eigenvalue weighted by molar-refractivity contribution is 0.560. The summed E-state index contributed by atoms with van der Waals surface area (Å²) in [6.07, 6.45) is 1.51. The molecule has 0 aromatic carbocycles. The van der Waals surface area contributed by atoms with Crippen molar-refractivity contribution in [3.05, 3.63) is 12.0 Å². The molecule has 1 aromatic rings. The van der Waals surface area contributed by atoms with Crippen LogP contribution in [-0.2, 0) is 17.1 Å². The third-order valence-electron chi connectivity index (χ3n) is 2.55. The van der Waals surface area contributed by atoms with Crippen LogP contribution in [0.3, 0.4) is 0 Å². The van der Waals surface area contributed by atoms with E-state index in [9.17, 15) is 8.42 Å². The summed E-state index contributed by atoms with van der Waals surface area (Å²) in [6.45, 7) is 6.17. The highest BCUT2D eigenvalue weighted by Crippen LogP contribution is 2.12. The second-order valence-corrected chi connectivity index (χ2v) is 7.24. The number of halogens is 1. The van der Waals surface area contributed by atoms with Crippen LogP contribution < -0.4 is 4.72 Å². The average molecular weight is 324 g/mol. The molecule has 1 heterocycles. The summed E-state index contributed by atoms with van der Waals surface area (Å²) in [5.41, 5.74) is 0. The van der Waals surface area contributed by atoms with Crippen LogP contribution in [0.25, 0.3) is 0 Å². The van der Waals surface area contributed by atoms with Gasteiger partial charge in [-0.3, -0.25) is 0 Å². The predicted octanol–water partition coefficient (Wildman–Crippen LogP) is 1.43. The summed E-state index contributed by atoms with van der Waals surface area (Å²) >= 11 is 3.43. The largest absolute Gasteiger partial charge is 0.337 e. The number of rotatable bonds is 5. The maximum Gasteiger partial charge on any atom is 0.259 e. The zero-order valence-electron chi connectivity index (χ0n) is 10.4. The molecule has 98 valence electrons. The summed E-state index contributed by atoms with van der Waals surface area (Å²) in [7, 11) is -1.74. The molecule has 17 heavy (non-hydrogen) atoms. The molecule has 0 saturated heterocycles. The number of sulfonamides is 1. The van der Waals surface area contributed by atoms with E-state index in [1.165, 1.54) is 6.20 Å². The Balaban J connectivity index is 2.76. The van der Waals surface area contributed by atoms with Crippen molar-refractivity contribution < 1.29 is 8.42 Å². The smallest absolute Gasteiger partial charge is 0.259 e. The van der Waals surface area contributed by atoms with Gasteiger partial charge in [-0.15, -0.1) is 0 Å². The number of alkyl halides is 1. The van der Waals surface area contributed by atoms with Crippen molar-refractivity contribution in [2.24, 2.45) is 13.0 Å². The number of hydrogen-bond acceptors (Lipinski definition) is 3. The molecule has 7 heteroatoms. The van der Waals surface area contributed by atoms with E-state index in [-0.39, 0.29) is 9.85 Å². The molecule has 1 rings (SSSR count). The number of nitrogens with one attached hydrogen (secondary N) is 1. The molecule has 1 unspecified atom stereocenters. The van der Waals surface area contributed by atoms with Crippen molar-refractivity contribution >= 4 is 26.0 Å². The average Bonchev–Trinajstić information content (AvgIpc) is 2.56. The van der Waals surface area contributed by atoms with Crippen LogP contribution in [0.5, 0.6) is 0 Å². The Morgan fingerprint density at radius 2 is 2.12 bits per heavy atom. The summed E-state index contributed by atoms with van der Waals surface area (Å²) < 4.78 is 28.1. The van der Waals surface area contributed by atoms with Gasteiger partial charge in [0.25, 0.3) is 10.0 Å². The Hall–Kier alpha value is -0.400. The minimum Gasteiger partial charge on any atom is -0.337 e. The lowest BCUT2D eigenvalue weighted by Crippen LogP contribution is -2.32. The first kappa shape index (κ1) is 14.7. The highest BCUT2D eigenvalue weighted by Gasteiger charge is 2.20. The summed E-state index contributed by atoms with van der Waals surface area (Å²) in [4.78, 5) is 4.11. The fourth-order valence-corrected chi connectivity index (χ4v) is 2.63. The number of imidazole rings is 1. The van der Waals surface area contributed by atoms with Gasteiger partial charge in [0.15, 0.2) is 5.03 Å². The lowest BCUT2D eigenvalue weighted by atomic mass is 10.1. The van der Waals surface area contributed by atoms with E-state index in [4.69, 9.17) is 0 Å². The van der Waals surface area contributed by atoms with Crippen molar-refractivity contribution in [3.8, 4) is 0 Å². The monoisotopic (exact) mass is 323 g/mol. The quantitative estimate of drug-likeness (QED) is 0.834. The zero-order valence-corrected chi connectivity index (χ0v) is 12.8. The second kappa shape index (κ2) is 5.49. The first-order valence-electron chi connectivity index (χ1n) is 5.37. The Bertz CT molecular complexity index is 462. The molecule has 1 N–H and O–H groups in total. The molecule has 5 nitrogen and oxygen atoms in total. The van der Waals surface area contributed by atoms with E-state index in [0.29, 0.717) is 18.3 Å². The highest BCUT2D eigenvalue weighted by molar-refractivity contribution is 9.09. The lowest BCUT2D eigenvalue weighted by Gasteiger charge is -2.13. The SMILES string of the molecule is Cc1nc(S(=O)(=O)NCC(Br)C(C)C)cn1C. The van der Waals surface area contributed by atoms with Crippen LogP contribution in [0.2, 0.25) is 0 Å². The third kappa shape index (κ3) is 3.79. The van der Waals surface area contributed by atoms with E-state index in [2.05, 4.69) is 25.6 Å². The van der Waals surface area contributed by atoms with E-state index in [0.717, 1.165) is 0 Å². The van der Waals surface area contributed by atoms with Gasteiger partial charge in [-0.1, -0.05) is 29.8 Å². The maximum atomic E-state index is 11.9. The minimum atomic E-state index is -3.50. The first-order valence-corrected chi connectivity index (χ1v) is 7.77. The van der Waals surface area contributed by atoms with Crippen molar-refractivity contribution in [1.29, 1.82) is 0 Å². The van der Waals surface area contributed by atoms with Gasteiger partial charge in [0.05, 0.1) is 0 Å². The molecular weight excluding hydrogens is 306 g/mol. The predicted molar refractivity (Wildman–Crippen MR) is 70.7 cm³/mol. The fraction of sp³-hybridized carbons (Fsp3) is 0.700. The van der Waals surface area contributed by atoms with Gasteiger partial charge < -0.3 is 4.57 Å². The highest BCUT2D eigenvalue weighted by atomic mass is 79.9. The summed E-state index contributed by atoms with van der Waals surface area (Å²) in [6, 6.07) is 0. The van der Waals surface area contributed by atoms with E-state index < -0.39 is 10.0 Å². The Morgan fingerprint density at radius 3 is 2.53 bits per heavy atom. The molecule has 0 amide bonds. The van der Waals surface area contributed by atoms with Crippen molar-refractivity contribution in [1.82, 2.24) is 14.3 Å². The van der Waals surface area contributed by atoms with Crippen LogP contribution in [0.15, 0.2) is 11.2 Å². The maximum absolute atomic E-state index is 11.9. The molecule has 0 spiro atoms. The van der Waals surface area contributed by atoms with Crippen LogP contribution in [0, 0.1) is 12.8 Å². The van der Waals surface area contributed by atoms with E-state index in [1.807, 2.05) is 13.8 Å². The zero-order chi connectivity index (χ0) is 13.2. The standard InChI is InChI=1S/C10H18BrN3O2S/c1-7(2)9(11)5-12-17(15,16)10-6-14(4)8(3)13-10/h6-7,9,12H,5H2,1-4H3. The van der Waals surface area contributed by atoms with Crippen LogP contribution in [0.4, 0.5) is 0 Å². The van der Waals surface area contributed by atoms with Gasteiger partial charge in [-0.25, -0.2) is 18.1 Å². The van der Waals surface area contributed by atoms with Crippen molar-refractivity contribution in [3.63, 3.8) is 0 Å². The third-order valence-corrected chi connectivity index (χ3v) is 5.23. The Labute approximate surface area is 111 Å². The topological polar surface area (TPSA) is 64.0 Å². The van der Waals surface area contributed by atoms with Gasteiger partial charge in [0, 0.05) is 24.6 Å². The number of aromatic nitrogens is 2. The van der Waals surface area contributed by atoms with Crippen LogP contribution >= 0.6 is 15.9 Å². The number of nitrogens with zero attached hydrogens (tertiary/aromatic N) is 2. The van der Waals surface area contributed by atoms with Gasteiger partial charge in [-0.2, -0.15) is 0 Å². The summed E-state index contributed by atoms with van der Waals surface area (Å²) in [5, 5.41) is 0.0703. The minimum absolute atomic E-state index is 0.0703. The number of hydrogen-bond donors (Lipinski definition) is 1. The van der Waals surface area contributed by atoms with Crippen molar-refractivity contribution in [2.75, 3.05) is 6.54 Å². The molecule has 1 aromatic heterocycles. The molecule has 0 bridgehead atoms. The van der Waals surface area contributed by atoms with Gasteiger partial charge in [0.2, 0.25) is 0 Å². The molecular formula is C10H18BrN3O2S. The molecule has 0 aliphatic carbocycles. The normalized spacial score (nSPS) is 14.2. The molecule has 0 radical (unpaired) electrons. The molecule has 0 saturated carbocycles. The van der Waals surface area contributed by atoms with E-state index in [1.54, 1.807) is 18.5 Å². The van der Waals surface area contributed by atoms with Crippen molar-refractivity contribution in [2.45, 2.75) is 30.6 Å². The molecule has 0 aliphatic rings. The van der Waals surface area contributed by atoms with Crippen LogP contribution in [-0.4, -0.2) is 29.3 Å². The fourth-order valence-electron chi connectivity index (χ4n) is 1.15. The number of aryl methyl sites for hydroxylation is 2. The van der Waals surface area contributed by atoms with Gasteiger partial charge in [-0.05, 0) is 12.8 Å². The molecule has 0 aliphatic heterocycles. The van der Waals surface area contributed by atoms with E-state index >= 15 is 0 Å². The Kier molecular flexibility index (Phi) is 4.74. The van der Waals surface area contributed by atoms with Gasteiger partial charge in [0.1, 0.15) is 5.82 Å². The first-order chi connectivity index (χ1) is 7.74. The van der Waals surface area contributed by atoms with Gasteiger partial charge >= 0.3 is 0 Å². The Morgan fingerprint density at radius 1 is 1.53 bits per heavy atom. The molecule has 0 fully saturated rings. The second-order valence-electron chi connectivity index (χ2n) is 4.35. The van der Waals surface area contributed by atoms with Crippen LogP contribution in [0.1, 0.15) is 19.7 Å². The summed E-state index contributed by atoms with van der Waals surface area (Å²) in [5.74, 6) is 1.03.